The quantitative estimate of drug-likeness (QED) is 0.733. The second-order valence-corrected chi connectivity index (χ2v) is 7.63. The minimum atomic E-state index is -0.123. The summed E-state index contributed by atoms with van der Waals surface area (Å²) in [6, 6.07) is 10.6. The third-order valence-corrected chi connectivity index (χ3v) is 5.73. The van der Waals surface area contributed by atoms with Gasteiger partial charge in [0.2, 0.25) is 0 Å². The summed E-state index contributed by atoms with van der Waals surface area (Å²) >= 11 is 1.43. The highest BCUT2D eigenvalue weighted by atomic mass is 35.5. The lowest BCUT2D eigenvalue weighted by molar-refractivity contribution is 0.0908. The second kappa shape index (κ2) is 11.6. The number of carbonyl (C=O) groups is 1. The number of nitrogens with zero attached hydrogens (tertiary/aromatic N) is 2. The lowest BCUT2D eigenvalue weighted by atomic mass is 9.95. The third-order valence-electron chi connectivity index (χ3n) is 4.86. The van der Waals surface area contributed by atoms with Gasteiger partial charge in [0.15, 0.2) is 0 Å². The molecule has 1 aromatic carbocycles. The molecule has 0 aliphatic carbocycles. The van der Waals surface area contributed by atoms with Crippen molar-refractivity contribution in [1.29, 1.82) is 0 Å². The molecule has 5 nitrogen and oxygen atoms in total. The highest BCUT2D eigenvalue weighted by Crippen LogP contribution is 2.26. The van der Waals surface area contributed by atoms with Crippen LogP contribution in [0.25, 0.3) is 0 Å². The van der Waals surface area contributed by atoms with E-state index in [0.29, 0.717) is 18.8 Å². The fourth-order valence-electron chi connectivity index (χ4n) is 3.26. The molecule has 1 unspecified atom stereocenters. The maximum Gasteiger partial charge on any atom is 0.270 e. The first kappa shape index (κ1) is 23.9. The van der Waals surface area contributed by atoms with Crippen molar-refractivity contribution in [2.45, 2.75) is 32.4 Å². The maximum absolute atomic E-state index is 12.4. The van der Waals surface area contributed by atoms with Crippen LogP contribution in [0.15, 0.2) is 35.7 Å². The minimum Gasteiger partial charge on any atom is -0.349 e. The summed E-state index contributed by atoms with van der Waals surface area (Å²) in [4.78, 5) is 19.2. The molecule has 8 heteroatoms. The smallest absolute Gasteiger partial charge is 0.270 e. The van der Waals surface area contributed by atoms with E-state index in [1.807, 2.05) is 6.07 Å². The number of nitrogens with one attached hydrogen (secondary N) is 1. The van der Waals surface area contributed by atoms with Crippen LogP contribution in [0.3, 0.4) is 0 Å². The highest BCUT2D eigenvalue weighted by Gasteiger charge is 2.25. The number of piperidine rings is 1. The van der Waals surface area contributed by atoms with Gasteiger partial charge in [-0.15, -0.1) is 36.2 Å². The summed E-state index contributed by atoms with van der Waals surface area (Å²) in [6.45, 7) is 5.42. The third kappa shape index (κ3) is 6.43. The number of aromatic nitrogens is 1. The summed E-state index contributed by atoms with van der Waals surface area (Å²) in [5, 5.41) is 5.63. The average Bonchev–Trinajstić information content (AvgIpc) is 3.13. The Morgan fingerprint density at radius 1 is 1.30 bits per heavy atom. The first-order valence-electron chi connectivity index (χ1n) is 8.89. The van der Waals surface area contributed by atoms with Gasteiger partial charge in [-0.3, -0.25) is 9.69 Å². The van der Waals surface area contributed by atoms with Gasteiger partial charge in [0.25, 0.3) is 5.91 Å². The molecule has 0 bridgehead atoms. The fourth-order valence-corrected chi connectivity index (χ4v) is 3.92. The van der Waals surface area contributed by atoms with E-state index in [-0.39, 0.29) is 36.8 Å². The zero-order valence-electron chi connectivity index (χ0n) is 15.5. The molecule has 150 valence electrons. The number of hydrogen-bond acceptors (Lipinski definition) is 5. The van der Waals surface area contributed by atoms with Gasteiger partial charge < -0.3 is 11.1 Å². The average molecular weight is 431 g/mol. The molecule has 1 saturated heterocycles. The molecule has 1 amide bonds. The minimum absolute atomic E-state index is 0. The van der Waals surface area contributed by atoms with Gasteiger partial charge in [-0.1, -0.05) is 37.3 Å². The summed E-state index contributed by atoms with van der Waals surface area (Å²) in [7, 11) is 0. The molecular formula is C19H28Cl2N4OS. The summed E-state index contributed by atoms with van der Waals surface area (Å²) in [6.07, 6.45) is 2.42. The summed E-state index contributed by atoms with van der Waals surface area (Å²) in [5.41, 5.74) is 7.29. The molecule has 0 radical (unpaired) electrons. The Bertz CT molecular complexity index is 690. The predicted molar refractivity (Wildman–Crippen MR) is 116 cm³/mol. The number of amides is 1. The Balaban J connectivity index is 0.00000182. The molecule has 1 aromatic heterocycles. The number of halogens is 2. The molecule has 1 fully saturated rings. The van der Waals surface area contributed by atoms with Crippen molar-refractivity contribution < 1.29 is 4.79 Å². The number of nitrogens with two attached hydrogens (primary N) is 1. The molecule has 3 rings (SSSR count). The maximum atomic E-state index is 12.4. The first-order valence-corrected chi connectivity index (χ1v) is 9.77. The summed E-state index contributed by atoms with van der Waals surface area (Å²) < 4.78 is 0. The van der Waals surface area contributed by atoms with E-state index in [1.54, 1.807) is 5.38 Å². The Hall–Kier alpha value is -1.18. The van der Waals surface area contributed by atoms with Gasteiger partial charge in [0.1, 0.15) is 10.7 Å². The van der Waals surface area contributed by atoms with Crippen molar-refractivity contribution in [3.63, 3.8) is 0 Å². The molecule has 1 atom stereocenters. The van der Waals surface area contributed by atoms with Crippen molar-refractivity contribution >= 4 is 42.1 Å². The van der Waals surface area contributed by atoms with Gasteiger partial charge in [-0.2, -0.15) is 0 Å². The topological polar surface area (TPSA) is 71.2 Å². The molecule has 2 heterocycles. The van der Waals surface area contributed by atoms with Gasteiger partial charge in [-0.25, -0.2) is 4.98 Å². The Kier molecular flexibility index (Phi) is 10.3. The lowest BCUT2D eigenvalue weighted by Crippen LogP contribution is -2.42. The number of thiazole rings is 1. The number of rotatable bonds is 6. The van der Waals surface area contributed by atoms with Crippen molar-refractivity contribution in [3.8, 4) is 0 Å². The van der Waals surface area contributed by atoms with Crippen LogP contribution < -0.4 is 11.1 Å². The molecule has 3 N–H and O–H groups in total. The fraction of sp³-hybridized carbons (Fsp3) is 0.474. The number of likely N-dealkylation sites (tertiary alicyclic amines) is 1. The van der Waals surface area contributed by atoms with Crippen LogP contribution in [0.4, 0.5) is 0 Å². The first-order chi connectivity index (χ1) is 12.2. The monoisotopic (exact) mass is 430 g/mol. The summed E-state index contributed by atoms with van der Waals surface area (Å²) in [5.74, 6) is 0.661. The normalized spacial score (nSPS) is 16.1. The van der Waals surface area contributed by atoms with E-state index in [0.717, 1.165) is 24.0 Å². The van der Waals surface area contributed by atoms with Crippen molar-refractivity contribution in [2.24, 2.45) is 11.7 Å². The van der Waals surface area contributed by atoms with Crippen LogP contribution in [0.5, 0.6) is 0 Å². The van der Waals surface area contributed by atoms with Gasteiger partial charge >= 0.3 is 0 Å². The van der Waals surface area contributed by atoms with E-state index in [2.05, 4.69) is 46.4 Å². The highest BCUT2D eigenvalue weighted by molar-refractivity contribution is 7.09. The van der Waals surface area contributed by atoms with Gasteiger partial charge in [0.05, 0.1) is 6.04 Å². The largest absolute Gasteiger partial charge is 0.349 e. The SMILES string of the molecule is CC1CCN(C(CNC(=O)c2csc(CN)n2)c2ccccc2)CC1.Cl.Cl. The second-order valence-electron chi connectivity index (χ2n) is 6.69. The van der Waals surface area contributed by atoms with Crippen molar-refractivity contribution in [3.05, 3.63) is 52.0 Å². The van der Waals surface area contributed by atoms with Crippen LogP contribution in [0, 0.1) is 5.92 Å². The number of carbonyl (C=O) groups excluding carboxylic acids is 1. The van der Waals surface area contributed by atoms with Crippen molar-refractivity contribution in [1.82, 2.24) is 15.2 Å². The molecule has 1 aliphatic heterocycles. The van der Waals surface area contributed by atoms with Crippen LogP contribution >= 0.6 is 36.2 Å². The van der Waals surface area contributed by atoms with Crippen LogP contribution in [-0.2, 0) is 6.54 Å². The molecular weight excluding hydrogens is 403 g/mol. The zero-order valence-corrected chi connectivity index (χ0v) is 17.9. The lowest BCUT2D eigenvalue weighted by Gasteiger charge is -2.37. The molecule has 0 saturated carbocycles. The van der Waals surface area contributed by atoms with E-state index in [9.17, 15) is 4.79 Å². The van der Waals surface area contributed by atoms with E-state index < -0.39 is 0 Å². The van der Waals surface area contributed by atoms with Crippen LogP contribution in [0.1, 0.15) is 46.9 Å². The molecule has 27 heavy (non-hydrogen) atoms. The predicted octanol–water partition coefficient (Wildman–Crippen LogP) is 3.65. The van der Waals surface area contributed by atoms with Crippen LogP contribution in [-0.4, -0.2) is 35.4 Å². The zero-order chi connectivity index (χ0) is 17.6. The van der Waals surface area contributed by atoms with Gasteiger partial charge in [-0.05, 0) is 37.4 Å². The van der Waals surface area contributed by atoms with E-state index >= 15 is 0 Å². The van der Waals surface area contributed by atoms with E-state index in [1.165, 1.54) is 29.7 Å². The van der Waals surface area contributed by atoms with Crippen molar-refractivity contribution in [2.75, 3.05) is 19.6 Å². The Labute approximate surface area is 177 Å². The Morgan fingerprint density at radius 2 is 1.96 bits per heavy atom. The molecule has 1 aliphatic rings. The van der Waals surface area contributed by atoms with Gasteiger partial charge in [0, 0.05) is 18.5 Å². The molecule has 2 aromatic rings. The number of benzene rings is 1. The van der Waals surface area contributed by atoms with E-state index in [4.69, 9.17) is 5.73 Å². The Morgan fingerprint density at radius 3 is 2.56 bits per heavy atom. The number of hydrogen-bond donors (Lipinski definition) is 2. The standard InChI is InChI=1S/C19H26N4OS.2ClH/c1-14-7-9-23(10-8-14)17(15-5-3-2-4-6-15)12-21-19(24)16-13-25-18(11-20)22-16;;/h2-6,13-14,17H,7-12,20H2,1H3,(H,21,24);2*1H. The van der Waals surface area contributed by atoms with Crippen LogP contribution in [0.2, 0.25) is 0 Å². The molecule has 0 spiro atoms.